The van der Waals surface area contributed by atoms with Crippen molar-refractivity contribution < 1.29 is 18.0 Å². The number of nitriles is 1. The van der Waals surface area contributed by atoms with Gasteiger partial charge in [0.1, 0.15) is 0 Å². The molecule has 0 heterocycles. The van der Waals surface area contributed by atoms with Gasteiger partial charge in [-0.25, -0.2) is 0 Å². The van der Waals surface area contributed by atoms with E-state index >= 15 is 0 Å². The third kappa shape index (κ3) is 5.23. The van der Waals surface area contributed by atoms with Crippen LogP contribution in [0.4, 0.5) is 18.9 Å². The third-order valence-electron chi connectivity index (χ3n) is 4.19. The van der Waals surface area contributed by atoms with Gasteiger partial charge in [-0.1, -0.05) is 30.3 Å². The highest BCUT2D eigenvalue weighted by Crippen LogP contribution is 2.34. The average molecular weight is 375 g/mol. The fourth-order valence-corrected chi connectivity index (χ4v) is 2.73. The molecular formula is C20H20F3N3O. The normalized spacial score (nSPS) is 12.1. The first kappa shape index (κ1) is 20.3. The van der Waals surface area contributed by atoms with Gasteiger partial charge in [0, 0.05) is 12.2 Å². The molecule has 0 fully saturated rings. The summed E-state index contributed by atoms with van der Waals surface area (Å²) in [6, 6.07) is 14.2. The predicted octanol–water partition coefficient (Wildman–Crippen LogP) is 4.28. The second kappa shape index (κ2) is 8.58. The molecule has 2 aromatic rings. The van der Waals surface area contributed by atoms with Crippen LogP contribution in [0.3, 0.4) is 0 Å². The Morgan fingerprint density at radius 3 is 2.44 bits per heavy atom. The highest BCUT2D eigenvalue weighted by Gasteiger charge is 2.34. The van der Waals surface area contributed by atoms with Crippen LogP contribution in [0, 0.1) is 11.3 Å². The average Bonchev–Trinajstić information content (AvgIpc) is 2.65. The molecule has 2 rings (SSSR count). The maximum Gasteiger partial charge on any atom is 0.417 e. The van der Waals surface area contributed by atoms with E-state index < -0.39 is 17.3 Å². The third-order valence-corrected chi connectivity index (χ3v) is 4.19. The van der Waals surface area contributed by atoms with E-state index in [4.69, 9.17) is 5.26 Å². The molecule has 1 N–H and O–H groups in total. The van der Waals surface area contributed by atoms with Crippen molar-refractivity contribution in [2.45, 2.75) is 26.1 Å². The number of rotatable bonds is 6. The van der Waals surface area contributed by atoms with Crippen LogP contribution in [0.15, 0.2) is 48.5 Å². The van der Waals surface area contributed by atoms with Crippen LogP contribution in [-0.2, 0) is 11.0 Å². The molecule has 0 aliphatic carbocycles. The van der Waals surface area contributed by atoms with Crippen molar-refractivity contribution in [3.8, 4) is 6.07 Å². The maximum atomic E-state index is 13.2. The molecule has 0 saturated carbocycles. The van der Waals surface area contributed by atoms with E-state index in [0.717, 1.165) is 17.7 Å². The van der Waals surface area contributed by atoms with Gasteiger partial charge in [0.05, 0.1) is 29.8 Å². The number of carbonyl (C=O) groups excluding carboxylic acids is 1. The topological polar surface area (TPSA) is 56.1 Å². The van der Waals surface area contributed by atoms with Crippen molar-refractivity contribution in [1.82, 2.24) is 5.32 Å². The van der Waals surface area contributed by atoms with E-state index in [0.29, 0.717) is 6.54 Å². The van der Waals surface area contributed by atoms with Gasteiger partial charge < -0.3 is 10.2 Å². The summed E-state index contributed by atoms with van der Waals surface area (Å²) in [4.78, 5) is 13.9. The van der Waals surface area contributed by atoms with Crippen molar-refractivity contribution in [3.05, 3.63) is 65.2 Å². The van der Waals surface area contributed by atoms with Crippen LogP contribution >= 0.6 is 0 Å². The molecule has 2 aromatic carbocycles. The summed E-state index contributed by atoms with van der Waals surface area (Å²) >= 11 is 0. The minimum Gasteiger partial charge on any atom is -0.362 e. The standard InChI is InChI=1S/C20H20F3N3O/c1-3-26(13-19(27)25-14(2)15-7-5-4-6-8-15)17-10-9-16(12-24)18(11-17)20(21,22)23/h4-11,14H,3,13H2,1-2H3,(H,25,27)/t14-/m1/s1. The maximum absolute atomic E-state index is 13.2. The molecule has 0 unspecified atom stereocenters. The zero-order chi connectivity index (χ0) is 20.0. The summed E-state index contributed by atoms with van der Waals surface area (Å²) in [5, 5.41) is 11.7. The van der Waals surface area contributed by atoms with Crippen molar-refractivity contribution in [2.24, 2.45) is 0 Å². The second-order valence-corrected chi connectivity index (χ2v) is 6.05. The first-order chi connectivity index (χ1) is 12.8. The molecule has 0 radical (unpaired) electrons. The van der Waals surface area contributed by atoms with Crippen LogP contribution in [0.1, 0.15) is 36.6 Å². The van der Waals surface area contributed by atoms with Crippen LogP contribution in [0.5, 0.6) is 0 Å². The minimum atomic E-state index is -4.63. The van der Waals surface area contributed by atoms with E-state index in [1.807, 2.05) is 37.3 Å². The Hall–Kier alpha value is -3.01. The van der Waals surface area contributed by atoms with Crippen molar-refractivity contribution in [3.63, 3.8) is 0 Å². The summed E-state index contributed by atoms with van der Waals surface area (Å²) in [5.41, 5.74) is -0.263. The first-order valence-electron chi connectivity index (χ1n) is 8.46. The number of nitrogens with zero attached hydrogens (tertiary/aromatic N) is 2. The van der Waals surface area contributed by atoms with Crippen molar-refractivity contribution in [1.29, 1.82) is 5.26 Å². The fraction of sp³-hybridized carbons (Fsp3) is 0.300. The van der Waals surface area contributed by atoms with E-state index in [-0.39, 0.29) is 24.2 Å². The molecule has 0 spiro atoms. The number of nitrogens with one attached hydrogen (secondary N) is 1. The van der Waals surface area contributed by atoms with E-state index in [1.54, 1.807) is 13.0 Å². The number of benzene rings is 2. The van der Waals surface area contributed by atoms with E-state index in [9.17, 15) is 18.0 Å². The van der Waals surface area contributed by atoms with Gasteiger partial charge in [0.25, 0.3) is 0 Å². The lowest BCUT2D eigenvalue weighted by atomic mass is 10.1. The van der Waals surface area contributed by atoms with Gasteiger partial charge in [-0.05, 0) is 37.6 Å². The summed E-state index contributed by atoms with van der Waals surface area (Å²) in [5.74, 6) is -0.300. The van der Waals surface area contributed by atoms with Crippen molar-refractivity contribution >= 4 is 11.6 Å². The lowest BCUT2D eigenvalue weighted by Crippen LogP contribution is -2.38. The quantitative estimate of drug-likeness (QED) is 0.820. The molecular weight excluding hydrogens is 355 g/mol. The molecule has 1 atom stereocenters. The molecule has 7 heteroatoms. The molecule has 0 aliphatic rings. The molecule has 142 valence electrons. The lowest BCUT2D eigenvalue weighted by molar-refractivity contribution is -0.137. The van der Waals surface area contributed by atoms with E-state index in [1.165, 1.54) is 11.0 Å². The Balaban J connectivity index is 2.15. The lowest BCUT2D eigenvalue weighted by Gasteiger charge is -2.25. The highest BCUT2D eigenvalue weighted by atomic mass is 19.4. The second-order valence-electron chi connectivity index (χ2n) is 6.05. The summed E-state index contributed by atoms with van der Waals surface area (Å²) in [6.45, 7) is 3.85. The van der Waals surface area contributed by atoms with Gasteiger partial charge in [0.15, 0.2) is 0 Å². The Labute approximate surface area is 156 Å². The van der Waals surface area contributed by atoms with Crippen LogP contribution in [0.25, 0.3) is 0 Å². The number of carbonyl (C=O) groups is 1. The monoisotopic (exact) mass is 375 g/mol. The van der Waals surface area contributed by atoms with Crippen LogP contribution in [0.2, 0.25) is 0 Å². The number of anilines is 1. The molecule has 0 bridgehead atoms. The fourth-order valence-electron chi connectivity index (χ4n) is 2.73. The summed E-state index contributed by atoms with van der Waals surface area (Å²) in [6.07, 6.45) is -4.63. The zero-order valence-electron chi connectivity index (χ0n) is 15.0. The number of likely N-dealkylation sites (N-methyl/N-ethyl adjacent to an activating group) is 1. The Bertz CT molecular complexity index is 829. The van der Waals surface area contributed by atoms with Crippen LogP contribution < -0.4 is 10.2 Å². The van der Waals surface area contributed by atoms with Gasteiger partial charge in [0.2, 0.25) is 5.91 Å². The number of amides is 1. The molecule has 27 heavy (non-hydrogen) atoms. The number of hydrogen-bond donors (Lipinski definition) is 1. The number of hydrogen-bond acceptors (Lipinski definition) is 3. The molecule has 0 saturated heterocycles. The smallest absolute Gasteiger partial charge is 0.362 e. The van der Waals surface area contributed by atoms with Gasteiger partial charge in [-0.3, -0.25) is 4.79 Å². The summed E-state index contributed by atoms with van der Waals surface area (Å²) in [7, 11) is 0. The largest absolute Gasteiger partial charge is 0.417 e. The Kier molecular flexibility index (Phi) is 6.45. The zero-order valence-corrected chi connectivity index (χ0v) is 15.0. The van der Waals surface area contributed by atoms with Gasteiger partial charge >= 0.3 is 6.18 Å². The van der Waals surface area contributed by atoms with Crippen molar-refractivity contribution in [2.75, 3.05) is 18.0 Å². The van der Waals surface area contributed by atoms with Gasteiger partial charge in [-0.15, -0.1) is 0 Å². The molecule has 0 aliphatic heterocycles. The number of halogens is 3. The number of alkyl halides is 3. The summed E-state index contributed by atoms with van der Waals surface area (Å²) < 4.78 is 39.5. The SMILES string of the molecule is CCN(CC(=O)N[C@H](C)c1ccccc1)c1ccc(C#N)c(C(F)(F)F)c1. The first-order valence-corrected chi connectivity index (χ1v) is 8.46. The highest BCUT2D eigenvalue weighted by molar-refractivity contribution is 5.81. The Morgan fingerprint density at radius 2 is 1.89 bits per heavy atom. The Morgan fingerprint density at radius 1 is 1.22 bits per heavy atom. The predicted molar refractivity (Wildman–Crippen MR) is 97.0 cm³/mol. The molecule has 4 nitrogen and oxygen atoms in total. The van der Waals surface area contributed by atoms with E-state index in [2.05, 4.69) is 5.32 Å². The van der Waals surface area contributed by atoms with Crippen LogP contribution in [-0.4, -0.2) is 19.0 Å². The van der Waals surface area contributed by atoms with Gasteiger partial charge in [-0.2, -0.15) is 18.4 Å². The molecule has 0 aromatic heterocycles. The molecule has 1 amide bonds. The minimum absolute atomic E-state index is 0.0864.